The highest BCUT2D eigenvalue weighted by Gasteiger charge is 1.89. The fourth-order valence-corrected chi connectivity index (χ4v) is 0.641. The predicted molar refractivity (Wildman–Crippen MR) is 50.5 cm³/mol. The molecule has 76 valence electrons. The van der Waals surface area contributed by atoms with E-state index in [0.29, 0.717) is 26.4 Å². The average Bonchev–Trinajstić information content (AvgIpc) is 2.09. The van der Waals surface area contributed by atoms with Gasteiger partial charge in [0.05, 0.1) is 19.8 Å². The molecule has 0 fully saturated rings. The van der Waals surface area contributed by atoms with E-state index in [1.54, 1.807) is 0 Å². The van der Waals surface area contributed by atoms with Gasteiger partial charge in [0.25, 0.3) is 0 Å². The van der Waals surface area contributed by atoms with Crippen LogP contribution in [-0.2, 0) is 14.3 Å². The second kappa shape index (κ2) is 9.38. The molecule has 0 heterocycles. The summed E-state index contributed by atoms with van der Waals surface area (Å²) >= 11 is 0. The molecule has 0 saturated heterocycles. The highest BCUT2D eigenvalue weighted by atomic mass is 16.5. The number of rotatable bonds is 8. The van der Waals surface area contributed by atoms with Crippen LogP contribution in [0.25, 0.3) is 0 Å². The molecule has 0 amide bonds. The Balaban J connectivity index is 3.08. The lowest BCUT2D eigenvalue weighted by molar-refractivity contribution is -0.121. The zero-order valence-corrected chi connectivity index (χ0v) is 7.99. The maximum Gasteiger partial charge on any atom is 0.155 e. The van der Waals surface area contributed by atoms with Crippen molar-refractivity contribution in [3.8, 4) is 0 Å². The Labute approximate surface area is 78.7 Å². The molecule has 0 aromatic carbocycles. The van der Waals surface area contributed by atoms with E-state index in [0.717, 1.165) is 0 Å². The molecule has 0 spiro atoms. The molecule has 0 aliphatic rings. The van der Waals surface area contributed by atoms with Crippen LogP contribution >= 0.6 is 0 Å². The molecule has 0 saturated carbocycles. The molecular weight excluding hydrogens is 170 g/mol. The monoisotopic (exact) mass is 187 g/mol. The second-order valence-electron chi connectivity index (χ2n) is 2.55. The fraction of sp³-hybridized carbons (Fsp3) is 0.667. The number of carbonyl (C=O) groups excluding carboxylic acids is 1. The first-order chi connectivity index (χ1) is 6.27. The van der Waals surface area contributed by atoms with Crippen molar-refractivity contribution in [1.82, 2.24) is 0 Å². The first kappa shape index (κ1) is 12.3. The molecule has 0 aliphatic carbocycles. The van der Waals surface area contributed by atoms with Gasteiger partial charge >= 0.3 is 0 Å². The van der Waals surface area contributed by atoms with Crippen molar-refractivity contribution in [3.05, 3.63) is 12.2 Å². The van der Waals surface area contributed by atoms with E-state index in [1.807, 2.05) is 12.2 Å². The Hall–Kier alpha value is -0.710. The minimum absolute atomic E-state index is 0.0350. The molecule has 13 heavy (non-hydrogen) atoms. The topological polar surface area (TPSA) is 61.5 Å². The smallest absolute Gasteiger partial charge is 0.155 e. The summed E-state index contributed by atoms with van der Waals surface area (Å²) < 4.78 is 10.1. The molecule has 0 rings (SSSR count). The number of Topliss-reactive ketones (excluding diaryl/α,β-unsaturated/α-hetero) is 1. The van der Waals surface area contributed by atoms with Crippen LogP contribution in [0.5, 0.6) is 0 Å². The largest absolute Gasteiger partial charge is 0.376 e. The lowest BCUT2D eigenvalue weighted by atomic mass is 10.5. The van der Waals surface area contributed by atoms with Crippen molar-refractivity contribution >= 4 is 5.78 Å². The van der Waals surface area contributed by atoms with E-state index in [1.165, 1.54) is 6.92 Å². The molecule has 0 bridgehead atoms. The van der Waals surface area contributed by atoms with E-state index >= 15 is 0 Å². The second-order valence-corrected chi connectivity index (χ2v) is 2.55. The van der Waals surface area contributed by atoms with Gasteiger partial charge in [0.1, 0.15) is 6.61 Å². The molecule has 0 aliphatic heterocycles. The molecular formula is C9H17NO3. The van der Waals surface area contributed by atoms with Crippen LogP contribution in [0.1, 0.15) is 6.92 Å². The summed E-state index contributed by atoms with van der Waals surface area (Å²) in [6.07, 6.45) is 3.66. The minimum Gasteiger partial charge on any atom is -0.376 e. The number of hydrogen-bond donors (Lipinski definition) is 1. The van der Waals surface area contributed by atoms with Crippen LogP contribution in [0, 0.1) is 0 Å². The van der Waals surface area contributed by atoms with Crippen molar-refractivity contribution in [2.75, 3.05) is 33.0 Å². The molecule has 0 atom stereocenters. The van der Waals surface area contributed by atoms with Crippen LogP contribution in [0.15, 0.2) is 12.2 Å². The third-order valence-electron chi connectivity index (χ3n) is 1.16. The summed E-state index contributed by atoms with van der Waals surface area (Å²) in [7, 11) is 0. The lowest BCUT2D eigenvalue weighted by Gasteiger charge is -1.97. The minimum atomic E-state index is 0.0350. The highest BCUT2D eigenvalue weighted by molar-refractivity contribution is 5.76. The van der Waals surface area contributed by atoms with E-state index in [4.69, 9.17) is 15.2 Å². The van der Waals surface area contributed by atoms with Gasteiger partial charge in [0.15, 0.2) is 5.78 Å². The van der Waals surface area contributed by atoms with Crippen LogP contribution in [0.3, 0.4) is 0 Å². The van der Waals surface area contributed by atoms with Crippen molar-refractivity contribution in [1.29, 1.82) is 0 Å². The number of hydrogen-bond acceptors (Lipinski definition) is 4. The molecule has 0 unspecified atom stereocenters. The van der Waals surface area contributed by atoms with Gasteiger partial charge in [0.2, 0.25) is 0 Å². The van der Waals surface area contributed by atoms with Gasteiger partial charge in [-0.2, -0.15) is 0 Å². The van der Waals surface area contributed by atoms with Gasteiger partial charge in [-0.3, -0.25) is 4.79 Å². The summed E-state index contributed by atoms with van der Waals surface area (Å²) in [5.41, 5.74) is 5.21. The average molecular weight is 187 g/mol. The first-order valence-electron chi connectivity index (χ1n) is 4.27. The van der Waals surface area contributed by atoms with Gasteiger partial charge in [0, 0.05) is 6.54 Å². The maximum atomic E-state index is 10.4. The Morgan fingerprint density at radius 1 is 1.31 bits per heavy atom. The number of carbonyl (C=O) groups is 1. The van der Waals surface area contributed by atoms with Gasteiger partial charge in [-0.05, 0) is 6.92 Å². The van der Waals surface area contributed by atoms with Crippen molar-refractivity contribution in [2.45, 2.75) is 6.92 Å². The Bertz CT molecular complexity index is 157. The maximum absolute atomic E-state index is 10.4. The SMILES string of the molecule is CC(=O)COC/C=C\COCCN. The van der Waals surface area contributed by atoms with Crippen LogP contribution in [-0.4, -0.2) is 38.8 Å². The lowest BCUT2D eigenvalue weighted by Crippen LogP contribution is -2.08. The van der Waals surface area contributed by atoms with E-state index in [9.17, 15) is 4.79 Å². The van der Waals surface area contributed by atoms with Gasteiger partial charge in [-0.1, -0.05) is 12.2 Å². The summed E-state index contributed by atoms with van der Waals surface area (Å²) in [5, 5.41) is 0. The standard InChI is InChI=1S/C9H17NO3/c1-9(11)8-13-6-3-2-5-12-7-4-10/h2-3H,4-8,10H2,1H3/b3-2-. The summed E-state index contributed by atoms with van der Waals surface area (Å²) in [4.78, 5) is 10.4. The Kier molecular flexibility index (Phi) is 8.87. The highest BCUT2D eigenvalue weighted by Crippen LogP contribution is 1.81. The van der Waals surface area contributed by atoms with Crippen molar-refractivity contribution in [3.63, 3.8) is 0 Å². The van der Waals surface area contributed by atoms with Crippen LogP contribution in [0.4, 0.5) is 0 Å². The summed E-state index contributed by atoms with van der Waals surface area (Å²) in [6.45, 7) is 3.77. The Morgan fingerprint density at radius 3 is 2.46 bits per heavy atom. The molecule has 2 N–H and O–H groups in total. The molecule has 0 radical (unpaired) electrons. The molecule has 4 nitrogen and oxygen atoms in total. The zero-order valence-electron chi connectivity index (χ0n) is 7.99. The summed E-state index contributed by atoms with van der Waals surface area (Å²) in [6, 6.07) is 0. The van der Waals surface area contributed by atoms with Gasteiger partial charge < -0.3 is 15.2 Å². The number of ketones is 1. The fourth-order valence-electron chi connectivity index (χ4n) is 0.641. The van der Waals surface area contributed by atoms with E-state index in [2.05, 4.69) is 0 Å². The number of ether oxygens (including phenoxy) is 2. The zero-order chi connectivity index (χ0) is 9.94. The summed E-state index contributed by atoms with van der Waals surface area (Å²) in [5.74, 6) is 0.0350. The number of nitrogens with two attached hydrogens (primary N) is 1. The third kappa shape index (κ3) is 11.3. The van der Waals surface area contributed by atoms with E-state index in [-0.39, 0.29) is 12.4 Å². The molecule has 0 aromatic heterocycles. The van der Waals surface area contributed by atoms with Crippen molar-refractivity contribution < 1.29 is 14.3 Å². The quantitative estimate of drug-likeness (QED) is 0.433. The van der Waals surface area contributed by atoms with Crippen LogP contribution < -0.4 is 5.73 Å². The predicted octanol–water partition coefficient (Wildman–Crippen LogP) is 0.124. The van der Waals surface area contributed by atoms with E-state index < -0.39 is 0 Å². The first-order valence-corrected chi connectivity index (χ1v) is 4.27. The van der Waals surface area contributed by atoms with Crippen LogP contribution in [0.2, 0.25) is 0 Å². The van der Waals surface area contributed by atoms with Gasteiger partial charge in [-0.15, -0.1) is 0 Å². The van der Waals surface area contributed by atoms with Gasteiger partial charge in [-0.25, -0.2) is 0 Å². The molecule has 0 aromatic rings. The normalized spacial score (nSPS) is 10.9. The molecule has 4 heteroatoms. The van der Waals surface area contributed by atoms with Crippen molar-refractivity contribution in [2.24, 2.45) is 5.73 Å². The third-order valence-corrected chi connectivity index (χ3v) is 1.16. The Morgan fingerprint density at radius 2 is 1.92 bits per heavy atom.